The summed E-state index contributed by atoms with van der Waals surface area (Å²) in [6.45, 7) is 4.38. The largest absolute Gasteiger partial charge is 0.475 e. The van der Waals surface area contributed by atoms with Crippen LogP contribution >= 0.6 is 0 Å². The van der Waals surface area contributed by atoms with Gasteiger partial charge in [0.1, 0.15) is 11.5 Å². The van der Waals surface area contributed by atoms with Gasteiger partial charge in [-0.05, 0) is 38.1 Å². The molecular formula is C19H23NO2. The number of para-hydroxylation sites is 2. The first-order valence-electron chi connectivity index (χ1n) is 7.95. The van der Waals surface area contributed by atoms with Crippen LogP contribution < -0.4 is 9.47 Å². The molecule has 0 amide bonds. The molecule has 2 aromatic carbocycles. The smallest absolute Gasteiger partial charge is 0.155 e. The number of likely N-dealkylation sites (tertiary alicyclic amines) is 1. The van der Waals surface area contributed by atoms with Gasteiger partial charge in [0.25, 0.3) is 0 Å². The monoisotopic (exact) mass is 297 g/mol. The van der Waals surface area contributed by atoms with E-state index in [1.54, 1.807) is 0 Å². The van der Waals surface area contributed by atoms with Crippen LogP contribution in [0.3, 0.4) is 0 Å². The van der Waals surface area contributed by atoms with Crippen molar-refractivity contribution in [2.24, 2.45) is 0 Å². The van der Waals surface area contributed by atoms with Crippen molar-refractivity contribution in [3.63, 3.8) is 0 Å². The second-order valence-corrected chi connectivity index (χ2v) is 5.89. The van der Waals surface area contributed by atoms with Crippen LogP contribution in [-0.2, 0) is 0 Å². The topological polar surface area (TPSA) is 21.7 Å². The summed E-state index contributed by atoms with van der Waals surface area (Å²) in [4.78, 5) is 2.32. The first-order valence-corrected chi connectivity index (χ1v) is 7.95. The van der Waals surface area contributed by atoms with E-state index in [0.717, 1.165) is 24.3 Å². The Morgan fingerprint density at radius 1 is 0.773 bits per heavy atom. The lowest BCUT2D eigenvalue weighted by Crippen LogP contribution is -2.46. The molecule has 3 rings (SSSR count). The molecule has 1 aliphatic heterocycles. The first kappa shape index (κ1) is 14.9. The normalized spacial score (nSPS) is 22.0. The lowest BCUT2D eigenvalue weighted by molar-refractivity contribution is -0.0484. The van der Waals surface area contributed by atoms with Gasteiger partial charge in [-0.1, -0.05) is 36.4 Å². The highest BCUT2D eigenvalue weighted by Gasteiger charge is 2.38. The molecule has 0 radical (unpaired) electrons. The zero-order valence-electron chi connectivity index (χ0n) is 13.2. The molecule has 0 spiro atoms. The van der Waals surface area contributed by atoms with E-state index < -0.39 is 0 Å². The predicted octanol–water partition coefficient (Wildman–Crippen LogP) is 4.30. The Morgan fingerprint density at radius 2 is 1.18 bits per heavy atom. The molecule has 116 valence electrons. The van der Waals surface area contributed by atoms with E-state index in [1.165, 1.54) is 0 Å². The summed E-state index contributed by atoms with van der Waals surface area (Å²) in [6.07, 6.45) is 2.09. The Balaban J connectivity index is 1.71. The first-order chi connectivity index (χ1) is 10.7. The van der Waals surface area contributed by atoms with E-state index in [0.29, 0.717) is 6.04 Å². The highest BCUT2D eigenvalue weighted by Crippen LogP contribution is 2.30. The molecular weight excluding hydrogens is 274 g/mol. The van der Waals surface area contributed by atoms with Crippen molar-refractivity contribution in [2.75, 3.05) is 0 Å². The van der Waals surface area contributed by atoms with Gasteiger partial charge >= 0.3 is 0 Å². The number of hydrogen-bond donors (Lipinski definition) is 0. The molecule has 1 saturated heterocycles. The Hall–Kier alpha value is -2.00. The highest BCUT2D eigenvalue weighted by atomic mass is 16.5. The highest BCUT2D eigenvalue weighted by molar-refractivity contribution is 5.22. The lowest BCUT2D eigenvalue weighted by Gasteiger charge is -2.33. The van der Waals surface area contributed by atoms with Crippen LogP contribution in [0.15, 0.2) is 60.7 Å². The van der Waals surface area contributed by atoms with Gasteiger partial charge < -0.3 is 9.47 Å². The minimum Gasteiger partial charge on any atom is -0.475 e. The summed E-state index contributed by atoms with van der Waals surface area (Å²) in [5.41, 5.74) is 0. The molecule has 0 N–H and O–H groups in total. The van der Waals surface area contributed by atoms with Crippen molar-refractivity contribution in [3.8, 4) is 11.5 Å². The van der Waals surface area contributed by atoms with Crippen LogP contribution in [-0.4, -0.2) is 23.4 Å². The third-order valence-electron chi connectivity index (χ3n) is 3.95. The van der Waals surface area contributed by atoms with Crippen LogP contribution in [0.25, 0.3) is 0 Å². The third-order valence-corrected chi connectivity index (χ3v) is 3.95. The summed E-state index contributed by atoms with van der Waals surface area (Å²) in [5, 5.41) is 0. The SMILES string of the molecule is CC(C)N1C(Oc2ccccc2)CCC1Oc1ccccc1. The average molecular weight is 297 g/mol. The van der Waals surface area contributed by atoms with Crippen LogP contribution in [0.1, 0.15) is 26.7 Å². The number of benzene rings is 2. The maximum atomic E-state index is 6.16. The lowest BCUT2D eigenvalue weighted by atomic mass is 10.3. The molecule has 0 saturated carbocycles. The van der Waals surface area contributed by atoms with Gasteiger partial charge in [0.2, 0.25) is 0 Å². The molecule has 2 atom stereocenters. The minimum absolute atomic E-state index is 0.0658. The van der Waals surface area contributed by atoms with Crippen molar-refractivity contribution in [3.05, 3.63) is 60.7 Å². The molecule has 22 heavy (non-hydrogen) atoms. The van der Waals surface area contributed by atoms with Crippen molar-refractivity contribution in [1.82, 2.24) is 4.90 Å². The van der Waals surface area contributed by atoms with Gasteiger partial charge in [0, 0.05) is 18.9 Å². The molecule has 2 aromatic rings. The molecule has 2 unspecified atom stereocenters. The summed E-state index contributed by atoms with van der Waals surface area (Å²) >= 11 is 0. The molecule has 0 aromatic heterocycles. The van der Waals surface area contributed by atoms with Crippen LogP contribution in [0, 0.1) is 0 Å². The number of ether oxygens (including phenoxy) is 2. The van der Waals surface area contributed by atoms with E-state index in [1.807, 2.05) is 60.7 Å². The van der Waals surface area contributed by atoms with E-state index >= 15 is 0 Å². The van der Waals surface area contributed by atoms with Crippen LogP contribution in [0.2, 0.25) is 0 Å². The molecule has 3 heteroatoms. The standard InChI is InChI=1S/C19H23NO2/c1-15(2)20-18(21-16-9-5-3-6-10-16)13-14-19(20)22-17-11-7-4-8-12-17/h3-12,15,18-19H,13-14H2,1-2H3. The summed E-state index contributed by atoms with van der Waals surface area (Å²) in [7, 11) is 0. The third kappa shape index (κ3) is 3.42. The fraction of sp³-hybridized carbons (Fsp3) is 0.368. The van der Waals surface area contributed by atoms with Gasteiger partial charge in [-0.2, -0.15) is 0 Å². The maximum absolute atomic E-state index is 6.16. The number of nitrogens with zero attached hydrogens (tertiary/aromatic N) is 1. The second kappa shape index (κ2) is 6.84. The Labute approximate surface area is 132 Å². The Morgan fingerprint density at radius 3 is 1.55 bits per heavy atom. The van der Waals surface area contributed by atoms with Crippen molar-refractivity contribution in [2.45, 2.75) is 45.2 Å². The molecule has 0 aliphatic carbocycles. The number of rotatable bonds is 5. The fourth-order valence-electron chi connectivity index (χ4n) is 2.99. The number of hydrogen-bond acceptors (Lipinski definition) is 3. The predicted molar refractivity (Wildman–Crippen MR) is 87.9 cm³/mol. The van der Waals surface area contributed by atoms with Gasteiger partial charge in [-0.25, -0.2) is 4.90 Å². The van der Waals surface area contributed by atoms with Gasteiger partial charge in [-0.3, -0.25) is 0 Å². The van der Waals surface area contributed by atoms with Crippen molar-refractivity contribution in [1.29, 1.82) is 0 Å². The maximum Gasteiger partial charge on any atom is 0.155 e. The molecule has 0 bridgehead atoms. The minimum atomic E-state index is 0.0658. The Kier molecular flexibility index (Phi) is 4.64. The zero-order chi connectivity index (χ0) is 15.4. The summed E-state index contributed by atoms with van der Waals surface area (Å²) in [6, 6.07) is 20.4. The van der Waals surface area contributed by atoms with E-state index in [2.05, 4.69) is 18.7 Å². The van der Waals surface area contributed by atoms with E-state index in [-0.39, 0.29) is 12.5 Å². The quantitative estimate of drug-likeness (QED) is 0.821. The molecule has 3 nitrogen and oxygen atoms in total. The van der Waals surface area contributed by atoms with E-state index in [4.69, 9.17) is 9.47 Å². The van der Waals surface area contributed by atoms with E-state index in [9.17, 15) is 0 Å². The van der Waals surface area contributed by atoms with Gasteiger partial charge in [0.15, 0.2) is 12.5 Å². The zero-order valence-corrected chi connectivity index (χ0v) is 13.2. The van der Waals surface area contributed by atoms with Gasteiger partial charge in [-0.15, -0.1) is 0 Å². The summed E-state index contributed by atoms with van der Waals surface area (Å²) in [5.74, 6) is 1.83. The summed E-state index contributed by atoms with van der Waals surface area (Å²) < 4.78 is 12.3. The van der Waals surface area contributed by atoms with Crippen LogP contribution in [0.4, 0.5) is 0 Å². The second-order valence-electron chi connectivity index (χ2n) is 5.89. The van der Waals surface area contributed by atoms with Gasteiger partial charge in [0.05, 0.1) is 0 Å². The average Bonchev–Trinajstić information content (AvgIpc) is 2.92. The van der Waals surface area contributed by atoms with Crippen LogP contribution in [0.5, 0.6) is 11.5 Å². The molecule has 1 fully saturated rings. The molecule has 1 heterocycles. The fourth-order valence-corrected chi connectivity index (χ4v) is 2.99. The van der Waals surface area contributed by atoms with Crippen molar-refractivity contribution >= 4 is 0 Å². The Bertz CT molecular complexity index is 521. The molecule has 1 aliphatic rings. The van der Waals surface area contributed by atoms with Crippen molar-refractivity contribution < 1.29 is 9.47 Å².